The number of carboxylic acids is 1. The summed E-state index contributed by atoms with van der Waals surface area (Å²) in [4.78, 5) is 25.1. The number of para-hydroxylation sites is 1. The van der Waals surface area contributed by atoms with E-state index in [0.717, 1.165) is 34.0 Å². The first-order chi connectivity index (χ1) is 12.5. The molecule has 0 aliphatic carbocycles. The molecular formula is C19H17N3O3S. The van der Waals surface area contributed by atoms with E-state index in [4.69, 9.17) is 5.11 Å². The van der Waals surface area contributed by atoms with E-state index in [1.165, 1.54) is 4.90 Å². The van der Waals surface area contributed by atoms with Gasteiger partial charge >= 0.3 is 5.97 Å². The van der Waals surface area contributed by atoms with Crippen LogP contribution >= 0.6 is 11.3 Å². The number of nitrogens with zero attached hydrogens (tertiary/aromatic N) is 3. The first-order valence-electron chi connectivity index (χ1n) is 7.88. The van der Waals surface area contributed by atoms with E-state index in [9.17, 15) is 9.59 Å². The minimum atomic E-state index is -1.15. The lowest BCUT2D eigenvalue weighted by Gasteiger charge is -2.14. The van der Waals surface area contributed by atoms with Gasteiger partial charge in [0.25, 0.3) is 0 Å². The molecule has 6 nitrogen and oxygen atoms in total. The average molecular weight is 367 g/mol. The van der Waals surface area contributed by atoms with Crippen LogP contribution in [0.15, 0.2) is 66.2 Å². The quantitative estimate of drug-likeness (QED) is 0.679. The van der Waals surface area contributed by atoms with E-state index in [-0.39, 0.29) is 5.91 Å². The fraction of sp³-hybridized carbons (Fsp3) is 0.105. The van der Waals surface area contributed by atoms with Crippen molar-refractivity contribution in [3.8, 4) is 16.3 Å². The van der Waals surface area contributed by atoms with Crippen LogP contribution < -0.4 is 0 Å². The van der Waals surface area contributed by atoms with Gasteiger partial charge in [-0.15, -0.1) is 11.3 Å². The molecule has 132 valence electrons. The third-order valence-electron chi connectivity index (χ3n) is 3.72. The van der Waals surface area contributed by atoms with E-state index >= 15 is 0 Å². The second-order valence-corrected chi connectivity index (χ2v) is 6.57. The molecule has 0 unspecified atom stereocenters. The van der Waals surface area contributed by atoms with Crippen LogP contribution in [0.5, 0.6) is 0 Å². The molecule has 1 amide bonds. The highest BCUT2D eigenvalue weighted by Crippen LogP contribution is 2.28. The number of aliphatic carboxylic acids is 1. The predicted octanol–water partition coefficient (Wildman–Crippen LogP) is 3.20. The molecular weight excluding hydrogens is 350 g/mol. The fourth-order valence-corrected chi connectivity index (χ4v) is 3.21. The van der Waals surface area contributed by atoms with Crippen LogP contribution in [0.2, 0.25) is 0 Å². The van der Waals surface area contributed by atoms with Crippen molar-refractivity contribution in [2.45, 2.75) is 6.54 Å². The van der Waals surface area contributed by atoms with Crippen LogP contribution in [-0.4, -0.2) is 38.7 Å². The number of hydrogen-bond donors (Lipinski definition) is 1. The van der Waals surface area contributed by atoms with E-state index < -0.39 is 5.97 Å². The molecule has 3 aromatic rings. The third-order valence-corrected chi connectivity index (χ3v) is 4.59. The number of benzene rings is 1. The van der Waals surface area contributed by atoms with Crippen molar-refractivity contribution in [2.24, 2.45) is 0 Å². The number of carbonyl (C=O) groups is 2. The van der Waals surface area contributed by atoms with E-state index in [0.29, 0.717) is 6.54 Å². The van der Waals surface area contributed by atoms with Gasteiger partial charge in [0.05, 0.1) is 10.6 Å². The summed E-state index contributed by atoms with van der Waals surface area (Å²) in [6.45, 7) is 0.322. The number of aromatic nitrogens is 2. The van der Waals surface area contributed by atoms with Crippen molar-refractivity contribution in [3.63, 3.8) is 0 Å². The van der Waals surface area contributed by atoms with Crippen LogP contribution in [0.3, 0.4) is 0 Å². The lowest BCUT2D eigenvalue weighted by molar-refractivity contribution is -0.132. The van der Waals surface area contributed by atoms with Crippen LogP contribution in [0.4, 0.5) is 0 Å². The van der Waals surface area contributed by atoms with Crippen molar-refractivity contribution in [3.05, 3.63) is 71.8 Å². The Morgan fingerprint density at radius 3 is 2.62 bits per heavy atom. The Morgan fingerprint density at radius 2 is 1.96 bits per heavy atom. The van der Waals surface area contributed by atoms with Crippen LogP contribution in [0.1, 0.15) is 5.56 Å². The fourth-order valence-electron chi connectivity index (χ4n) is 2.46. The van der Waals surface area contributed by atoms with Crippen molar-refractivity contribution in [2.75, 3.05) is 7.05 Å². The summed E-state index contributed by atoms with van der Waals surface area (Å²) < 4.78 is 1.79. The molecule has 2 heterocycles. The topological polar surface area (TPSA) is 75.4 Å². The summed E-state index contributed by atoms with van der Waals surface area (Å²) >= 11 is 1.58. The molecule has 2 aromatic heterocycles. The van der Waals surface area contributed by atoms with Crippen LogP contribution in [0.25, 0.3) is 16.3 Å². The summed E-state index contributed by atoms with van der Waals surface area (Å²) in [6.07, 6.45) is 3.79. The summed E-state index contributed by atoms with van der Waals surface area (Å²) in [5, 5.41) is 15.3. The normalized spacial score (nSPS) is 11.0. The molecule has 0 fully saturated rings. The highest BCUT2D eigenvalue weighted by molar-refractivity contribution is 7.13. The number of thiophene rings is 1. The first-order valence-corrected chi connectivity index (χ1v) is 8.76. The van der Waals surface area contributed by atoms with Gasteiger partial charge in [0.2, 0.25) is 5.91 Å². The summed E-state index contributed by atoms with van der Waals surface area (Å²) in [6, 6.07) is 13.7. The lowest BCUT2D eigenvalue weighted by Crippen LogP contribution is -2.24. The Morgan fingerprint density at radius 1 is 1.19 bits per heavy atom. The molecule has 0 aliphatic heterocycles. The molecule has 0 bridgehead atoms. The largest absolute Gasteiger partial charge is 0.478 e. The number of rotatable bonds is 6. The standard InChI is InChI=1S/C19H17N3O3S/c1-21(17(23)9-10-18(24)25)12-14-13-22(15-6-3-2-4-7-15)20-19(14)16-8-5-11-26-16/h2-11,13H,12H2,1H3,(H,24,25). The van der Waals surface area contributed by atoms with Crippen molar-refractivity contribution in [1.82, 2.24) is 14.7 Å². The highest BCUT2D eigenvalue weighted by Gasteiger charge is 2.16. The molecule has 26 heavy (non-hydrogen) atoms. The van der Waals surface area contributed by atoms with Gasteiger partial charge in [0, 0.05) is 37.5 Å². The van der Waals surface area contributed by atoms with Crippen molar-refractivity contribution >= 4 is 23.2 Å². The monoisotopic (exact) mass is 367 g/mol. The Kier molecular flexibility index (Phi) is 5.28. The predicted molar refractivity (Wildman–Crippen MR) is 100 cm³/mol. The third kappa shape index (κ3) is 4.07. The minimum absolute atomic E-state index is 0.322. The smallest absolute Gasteiger partial charge is 0.328 e. The number of amides is 1. The molecule has 0 saturated heterocycles. The van der Waals surface area contributed by atoms with E-state index in [1.54, 1.807) is 23.1 Å². The van der Waals surface area contributed by atoms with Gasteiger partial charge in [-0.2, -0.15) is 5.10 Å². The number of carbonyl (C=O) groups excluding carboxylic acids is 1. The molecule has 3 rings (SSSR count). The molecule has 0 spiro atoms. The molecule has 0 atom stereocenters. The van der Waals surface area contributed by atoms with Crippen molar-refractivity contribution < 1.29 is 14.7 Å². The van der Waals surface area contributed by atoms with Crippen LogP contribution in [-0.2, 0) is 16.1 Å². The van der Waals surface area contributed by atoms with Gasteiger partial charge in [-0.3, -0.25) is 4.79 Å². The Labute approximate surface area is 154 Å². The Hall–Kier alpha value is -3.19. The SMILES string of the molecule is CN(Cc1cn(-c2ccccc2)nc1-c1cccs1)C(=O)C=CC(=O)O. The van der Waals surface area contributed by atoms with E-state index in [1.807, 2.05) is 54.0 Å². The Balaban J connectivity index is 1.91. The summed E-state index contributed by atoms with van der Waals surface area (Å²) in [7, 11) is 1.63. The molecule has 7 heteroatoms. The second kappa shape index (κ2) is 7.79. The maximum atomic E-state index is 12.1. The molecule has 0 saturated carbocycles. The number of hydrogen-bond acceptors (Lipinski definition) is 4. The maximum absolute atomic E-state index is 12.1. The van der Waals surface area contributed by atoms with Gasteiger partial charge < -0.3 is 10.0 Å². The Bertz CT molecular complexity index is 930. The molecule has 1 N–H and O–H groups in total. The zero-order valence-corrected chi connectivity index (χ0v) is 14.9. The van der Waals surface area contributed by atoms with Crippen molar-refractivity contribution in [1.29, 1.82) is 0 Å². The second-order valence-electron chi connectivity index (χ2n) is 5.63. The lowest BCUT2D eigenvalue weighted by atomic mass is 10.2. The van der Waals surface area contributed by atoms with Crippen LogP contribution in [0, 0.1) is 0 Å². The van der Waals surface area contributed by atoms with Gasteiger partial charge in [-0.1, -0.05) is 24.3 Å². The average Bonchev–Trinajstić information content (AvgIpc) is 3.29. The van der Waals surface area contributed by atoms with Gasteiger partial charge in [0.1, 0.15) is 5.69 Å². The number of likely N-dealkylation sites (N-methyl/N-ethyl adjacent to an activating group) is 1. The van der Waals surface area contributed by atoms with Gasteiger partial charge in [-0.05, 0) is 23.6 Å². The first kappa shape index (κ1) is 17.6. The minimum Gasteiger partial charge on any atom is -0.478 e. The summed E-state index contributed by atoms with van der Waals surface area (Å²) in [5.74, 6) is -1.53. The number of carboxylic acid groups (broad SMARTS) is 1. The highest BCUT2D eigenvalue weighted by atomic mass is 32.1. The molecule has 1 aromatic carbocycles. The summed E-state index contributed by atoms with van der Waals surface area (Å²) in [5.41, 5.74) is 2.62. The molecule has 0 aliphatic rings. The zero-order chi connectivity index (χ0) is 18.5. The zero-order valence-electron chi connectivity index (χ0n) is 14.1. The molecule has 0 radical (unpaired) electrons. The maximum Gasteiger partial charge on any atom is 0.328 e. The van der Waals surface area contributed by atoms with Gasteiger partial charge in [0.15, 0.2) is 0 Å². The van der Waals surface area contributed by atoms with E-state index in [2.05, 4.69) is 5.10 Å². The van der Waals surface area contributed by atoms with Gasteiger partial charge in [-0.25, -0.2) is 9.48 Å².